The number of anilines is 1. The van der Waals surface area contributed by atoms with Crippen molar-refractivity contribution in [3.63, 3.8) is 0 Å². The van der Waals surface area contributed by atoms with Crippen molar-refractivity contribution in [2.75, 3.05) is 44.3 Å². The van der Waals surface area contributed by atoms with Crippen LogP contribution in [0.4, 0.5) is 5.69 Å². The maximum absolute atomic E-state index is 13.1. The second-order valence-corrected chi connectivity index (χ2v) is 6.91. The van der Waals surface area contributed by atoms with E-state index in [1.807, 2.05) is 41.3 Å². The number of ether oxygens (including phenoxy) is 2. The van der Waals surface area contributed by atoms with Crippen molar-refractivity contribution in [1.82, 2.24) is 9.88 Å². The fourth-order valence-electron chi connectivity index (χ4n) is 3.69. The molecule has 0 radical (unpaired) electrons. The molecule has 1 aromatic heterocycles. The van der Waals surface area contributed by atoms with Crippen LogP contribution < -0.4 is 9.64 Å². The van der Waals surface area contributed by atoms with E-state index in [4.69, 9.17) is 9.47 Å². The van der Waals surface area contributed by atoms with Crippen LogP contribution in [0, 0.1) is 0 Å². The zero-order valence-corrected chi connectivity index (χ0v) is 15.4. The molecule has 0 unspecified atom stereocenters. The van der Waals surface area contributed by atoms with Crippen LogP contribution in [0.5, 0.6) is 5.75 Å². The summed E-state index contributed by atoms with van der Waals surface area (Å²) in [6, 6.07) is 11.7. The molecule has 2 aliphatic rings. The molecule has 142 valence electrons. The summed E-state index contributed by atoms with van der Waals surface area (Å²) < 4.78 is 11.5. The molecular formula is C21H25N3O3. The van der Waals surface area contributed by atoms with Gasteiger partial charge >= 0.3 is 0 Å². The summed E-state index contributed by atoms with van der Waals surface area (Å²) in [5.74, 6) is 0.951. The molecule has 6 heteroatoms. The van der Waals surface area contributed by atoms with Crippen molar-refractivity contribution >= 4 is 11.6 Å². The van der Waals surface area contributed by atoms with E-state index in [-0.39, 0.29) is 12.0 Å². The van der Waals surface area contributed by atoms with Gasteiger partial charge in [0.05, 0.1) is 18.8 Å². The second-order valence-electron chi connectivity index (χ2n) is 6.91. The first-order valence-electron chi connectivity index (χ1n) is 9.59. The Bertz CT molecular complexity index is 754. The number of amides is 1. The zero-order chi connectivity index (χ0) is 18.5. The lowest BCUT2D eigenvalue weighted by Crippen LogP contribution is -2.43. The maximum atomic E-state index is 13.1. The molecule has 0 spiro atoms. The van der Waals surface area contributed by atoms with Crippen molar-refractivity contribution < 1.29 is 14.3 Å². The van der Waals surface area contributed by atoms with E-state index < -0.39 is 0 Å². The van der Waals surface area contributed by atoms with Gasteiger partial charge in [-0.05, 0) is 24.3 Å². The van der Waals surface area contributed by atoms with Gasteiger partial charge in [-0.2, -0.15) is 0 Å². The smallest absolute Gasteiger partial charge is 0.255 e. The highest BCUT2D eigenvalue weighted by Crippen LogP contribution is 2.25. The Kier molecular flexibility index (Phi) is 5.53. The van der Waals surface area contributed by atoms with Crippen molar-refractivity contribution in [3.8, 4) is 5.75 Å². The van der Waals surface area contributed by atoms with Crippen LogP contribution in [0.2, 0.25) is 0 Å². The molecule has 3 heterocycles. The molecule has 2 aliphatic heterocycles. The molecule has 0 saturated carbocycles. The summed E-state index contributed by atoms with van der Waals surface area (Å²) >= 11 is 0. The lowest BCUT2D eigenvalue weighted by molar-refractivity contribution is 0.0595. The summed E-state index contributed by atoms with van der Waals surface area (Å²) in [6.45, 7) is 4.50. The van der Waals surface area contributed by atoms with Crippen LogP contribution in [0.3, 0.4) is 0 Å². The Morgan fingerprint density at radius 3 is 2.44 bits per heavy atom. The van der Waals surface area contributed by atoms with Crippen LogP contribution in [0.1, 0.15) is 23.2 Å². The summed E-state index contributed by atoms with van der Waals surface area (Å²) in [5, 5.41) is 0. The zero-order valence-electron chi connectivity index (χ0n) is 15.4. The van der Waals surface area contributed by atoms with E-state index in [2.05, 4.69) is 9.88 Å². The van der Waals surface area contributed by atoms with Crippen molar-refractivity contribution in [2.24, 2.45) is 0 Å². The van der Waals surface area contributed by atoms with Crippen molar-refractivity contribution in [1.29, 1.82) is 0 Å². The quantitative estimate of drug-likeness (QED) is 0.831. The van der Waals surface area contributed by atoms with Crippen LogP contribution >= 0.6 is 0 Å². The predicted octanol–water partition coefficient (Wildman–Crippen LogP) is 2.60. The highest BCUT2D eigenvalue weighted by atomic mass is 16.5. The van der Waals surface area contributed by atoms with Gasteiger partial charge in [0.2, 0.25) is 0 Å². The van der Waals surface area contributed by atoms with Gasteiger partial charge in [0.1, 0.15) is 11.9 Å². The number of hydrogen-bond acceptors (Lipinski definition) is 5. The number of aromatic nitrogens is 1. The summed E-state index contributed by atoms with van der Waals surface area (Å²) in [6.07, 6.45) is 5.29. The summed E-state index contributed by atoms with van der Waals surface area (Å²) in [7, 11) is 0. The molecule has 0 N–H and O–H groups in total. The fourth-order valence-corrected chi connectivity index (χ4v) is 3.69. The minimum Gasteiger partial charge on any atom is -0.490 e. The monoisotopic (exact) mass is 367 g/mol. The van der Waals surface area contributed by atoms with Gasteiger partial charge in [0.15, 0.2) is 0 Å². The molecule has 4 rings (SSSR count). The average molecular weight is 367 g/mol. The standard InChI is InChI=1S/C21H25N3O3/c25-21(19-3-1-2-4-20(19)23-13-15-26-16-14-23)24-11-7-18(8-12-24)27-17-5-9-22-10-6-17/h1-6,9-10,18H,7-8,11-16H2. The van der Waals surface area contributed by atoms with Gasteiger partial charge in [-0.15, -0.1) is 0 Å². The van der Waals surface area contributed by atoms with Gasteiger partial charge in [-0.1, -0.05) is 12.1 Å². The first-order valence-corrected chi connectivity index (χ1v) is 9.59. The topological polar surface area (TPSA) is 54.9 Å². The van der Waals surface area contributed by atoms with Crippen LogP contribution in [0.15, 0.2) is 48.8 Å². The molecule has 6 nitrogen and oxygen atoms in total. The average Bonchev–Trinajstić information content (AvgIpc) is 2.75. The number of rotatable bonds is 4. The highest BCUT2D eigenvalue weighted by Gasteiger charge is 2.27. The number of carbonyl (C=O) groups excluding carboxylic acids is 1. The van der Waals surface area contributed by atoms with Crippen LogP contribution in [-0.4, -0.2) is 61.3 Å². The molecule has 27 heavy (non-hydrogen) atoms. The minimum absolute atomic E-state index is 0.111. The molecule has 0 aliphatic carbocycles. The Labute approximate surface area is 159 Å². The number of benzene rings is 1. The van der Waals surface area contributed by atoms with E-state index in [0.29, 0.717) is 26.3 Å². The van der Waals surface area contributed by atoms with Gasteiger partial charge in [0, 0.05) is 57.1 Å². The molecule has 1 aromatic carbocycles. The van der Waals surface area contributed by atoms with E-state index in [0.717, 1.165) is 42.9 Å². The van der Waals surface area contributed by atoms with Gasteiger partial charge < -0.3 is 19.3 Å². The number of morpholine rings is 1. The predicted molar refractivity (Wildman–Crippen MR) is 103 cm³/mol. The fraction of sp³-hybridized carbons (Fsp3) is 0.429. The Morgan fingerprint density at radius 2 is 1.70 bits per heavy atom. The van der Waals surface area contributed by atoms with Crippen LogP contribution in [0.25, 0.3) is 0 Å². The van der Waals surface area contributed by atoms with Crippen molar-refractivity contribution in [2.45, 2.75) is 18.9 Å². The normalized spacial score (nSPS) is 18.4. The summed E-state index contributed by atoms with van der Waals surface area (Å²) in [5.41, 5.74) is 1.80. The third-order valence-electron chi connectivity index (χ3n) is 5.17. The molecule has 0 bridgehead atoms. The minimum atomic E-state index is 0.111. The molecule has 2 aromatic rings. The first kappa shape index (κ1) is 17.8. The largest absolute Gasteiger partial charge is 0.490 e. The second kappa shape index (κ2) is 8.39. The Balaban J connectivity index is 1.39. The lowest BCUT2D eigenvalue weighted by atomic mass is 10.0. The van der Waals surface area contributed by atoms with Gasteiger partial charge in [-0.25, -0.2) is 0 Å². The Morgan fingerprint density at radius 1 is 1.00 bits per heavy atom. The number of nitrogens with zero attached hydrogens (tertiary/aromatic N) is 3. The van der Waals surface area contributed by atoms with Gasteiger partial charge in [-0.3, -0.25) is 9.78 Å². The van der Waals surface area contributed by atoms with Crippen LogP contribution in [-0.2, 0) is 4.74 Å². The third-order valence-corrected chi connectivity index (χ3v) is 5.17. The van der Waals surface area contributed by atoms with E-state index >= 15 is 0 Å². The van der Waals surface area contributed by atoms with E-state index in [1.54, 1.807) is 12.4 Å². The van der Waals surface area contributed by atoms with Crippen molar-refractivity contribution in [3.05, 3.63) is 54.4 Å². The number of piperidine rings is 1. The molecule has 2 saturated heterocycles. The molecule has 1 amide bonds. The third kappa shape index (κ3) is 4.22. The SMILES string of the molecule is O=C(c1ccccc1N1CCOCC1)N1CCC(Oc2ccncc2)CC1. The van der Waals surface area contributed by atoms with Gasteiger partial charge in [0.25, 0.3) is 5.91 Å². The Hall–Kier alpha value is -2.60. The number of para-hydroxylation sites is 1. The molecule has 2 fully saturated rings. The number of likely N-dealkylation sites (tertiary alicyclic amines) is 1. The maximum Gasteiger partial charge on any atom is 0.255 e. The first-order chi connectivity index (χ1) is 13.3. The molecular weight excluding hydrogens is 342 g/mol. The summed E-state index contributed by atoms with van der Waals surface area (Å²) in [4.78, 5) is 21.4. The number of hydrogen-bond donors (Lipinski definition) is 0. The number of pyridine rings is 1. The number of carbonyl (C=O) groups is 1. The molecule has 0 atom stereocenters. The lowest BCUT2D eigenvalue weighted by Gasteiger charge is -2.34. The highest BCUT2D eigenvalue weighted by molar-refractivity contribution is 5.99. The van der Waals surface area contributed by atoms with E-state index in [9.17, 15) is 4.79 Å². The van der Waals surface area contributed by atoms with E-state index in [1.165, 1.54) is 0 Å².